The zero-order valence-electron chi connectivity index (χ0n) is 9.39. The number of hydrogen-bond donors (Lipinski definition) is 0. The smallest absolute Gasteiger partial charge is 0.148 e. The van der Waals surface area contributed by atoms with Crippen LogP contribution in [0.25, 0.3) is 0 Å². The highest BCUT2D eigenvalue weighted by molar-refractivity contribution is 6.16. The minimum atomic E-state index is 0.212. The summed E-state index contributed by atoms with van der Waals surface area (Å²) < 4.78 is 2.00. The van der Waals surface area contributed by atoms with Crippen LogP contribution >= 0.6 is 11.6 Å². The molecule has 0 aliphatic heterocycles. The Morgan fingerprint density at radius 1 is 1.31 bits per heavy atom. The first-order valence-corrected chi connectivity index (χ1v) is 5.76. The van der Waals surface area contributed by atoms with Gasteiger partial charge in [0, 0.05) is 0 Å². The molecule has 2 aromatic rings. The van der Waals surface area contributed by atoms with E-state index in [-0.39, 0.29) is 6.04 Å². The number of benzene rings is 1. The first-order chi connectivity index (χ1) is 7.72. The largest absolute Gasteiger partial charge is 0.309 e. The van der Waals surface area contributed by atoms with Crippen LogP contribution in [0.5, 0.6) is 0 Å². The van der Waals surface area contributed by atoms with Gasteiger partial charge in [0.2, 0.25) is 0 Å². The fourth-order valence-electron chi connectivity index (χ4n) is 1.69. The molecule has 0 N–H and O–H groups in total. The molecule has 0 bridgehead atoms. The van der Waals surface area contributed by atoms with Crippen LogP contribution in [-0.4, -0.2) is 14.8 Å². The Hall–Kier alpha value is -1.35. The summed E-state index contributed by atoms with van der Waals surface area (Å²) in [5.74, 6) is 1.19. The lowest BCUT2D eigenvalue weighted by Gasteiger charge is -2.15. The molecule has 1 unspecified atom stereocenters. The van der Waals surface area contributed by atoms with Gasteiger partial charge in [-0.1, -0.05) is 29.8 Å². The molecule has 0 spiro atoms. The summed E-state index contributed by atoms with van der Waals surface area (Å²) in [4.78, 5) is 0. The van der Waals surface area contributed by atoms with Gasteiger partial charge in [-0.25, -0.2) is 0 Å². The van der Waals surface area contributed by atoms with Gasteiger partial charge in [-0.15, -0.1) is 21.8 Å². The topological polar surface area (TPSA) is 30.7 Å². The van der Waals surface area contributed by atoms with Crippen LogP contribution in [0.15, 0.2) is 30.6 Å². The first kappa shape index (κ1) is 11.1. The standard InChI is InChI=1S/C12H14ClN3/c1-9-3-5-11(6-4-9)10(2)16-8-14-15-12(16)7-13/h3-6,8,10H,7H2,1-2H3. The third-order valence-corrected chi connectivity index (χ3v) is 2.98. The van der Waals surface area contributed by atoms with E-state index in [2.05, 4.69) is 48.3 Å². The molecular weight excluding hydrogens is 222 g/mol. The lowest BCUT2D eigenvalue weighted by molar-refractivity contribution is 0.614. The SMILES string of the molecule is Cc1ccc(C(C)n2cnnc2CCl)cc1. The van der Waals surface area contributed by atoms with Crippen molar-refractivity contribution in [1.82, 2.24) is 14.8 Å². The summed E-state index contributed by atoms with van der Waals surface area (Å²) in [7, 11) is 0. The Morgan fingerprint density at radius 3 is 2.62 bits per heavy atom. The molecule has 0 fully saturated rings. The fraction of sp³-hybridized carbons (Fsp3) is 0.333. The number of aromatic nitrogens is 3. The van der Waals surface area contributed by atoms with Crippen molar-refractivity contribution < 1.29 is 0 Å². The van der Waals surface area contributed by atoms with Crippen molar-refractivity contribution >= 4 is 11.6 Å². The Kier molecular flexibility index (Phi) is 3.25. The van der Waals surface area contributed by atoms with Crippen molar-refractivity contribution in [3.63, 3.8) is 0 Å². The lowest BCUT2D eigenvalue weighted by Crippen LogP contribution is -2.08. The maximum absolute atomic E-state index is 5.81. The fourth-order valence-corrected chi connectivity index (χ4v) is 1.88. The second-order valence-corrected chi connectivity index (χ2v) is 4.14. The number of rotatable bonds is 3. The minimum absolute atomic E-state index is 0.212. The van der Waals surface area contributed by atoms with E-state index in [0.29, 0.717) is 5.88 Å². The molecule has 1 heterocycles. The van der Waals surface area contributed by atoms with Gasteiger partial charge in [0.05, 0.1) is 11.9 Å². The zero-order chi connectivity index (χ0) is 11.5. The molecule has 0 saturated heterocycles. The third-order valence-electron chi connectivity index (χ3n) is 2.74. The number of halogens is 1. The summed E-state index contributed by atoms with van der Waals surface area (Å²) >= 11 is 5.81. The summed E-state index contributed by atoms with van der Waals surface area (Å²) in [5, 5.41) is 7.87. The molecule has 3 nitrogen and oxygen atoms in total. The highest BCUT2D eigenvalue weighted by atomic mass is 35.5. The van der Waals surface area contributed by atoms with Crippen LogP contribution < -0.4 is 0 Å². The van der Waals surface area contributed by atoms with E-state index in [0.717, 1.165) is 5.82 Å². The van der Waals surface area contributed by atoms with Crippen LogP contribution in [0, 0.1) is 6.92 Å². The van der Waals surface area contributed by atoms with E-state index < -0.39 is 0 Å². The lowest BCUT2D eigenvalue weighted by atomic mass is 10.1. The molecular formula is C12H14ClN3. The van der Waals surface area contributed by atoms with Gasteiger partial charge in [-0.3, -0.25) is 0 Å². The number of alkyl halides is 1. The molecule has 1 aromatic heterocycles. The maximum Gasteiger partial charge on any atom is 0.148 e. The van der Waals surface area contributed by atoms with Crippen molar-refractivity contribution in [2.75, 3.05) is 0 Å². The molecule has 84 valence electrons. The highest BCUT2D eigenvalue weighted by Crippen LogP contribution is 2.19. The van der Waals surface area contributed by atoms with E-state index in [1.807, 2.05) is 4.57 Å². The molecule has 0 radical (unpaired) electrons. The highest BCUT2D eigenvalue weighted by Gasteiger charge is 2.11. The molecule has 2 rings (SSSR count). The summed E-state index contributed by atoms with van der Waals surface area (Å²) in [6, 6.07) is 8.67. The molecule has 0 aliphatic rings. The summed E-state index contributed by atoms with van der Waals surface area (Å²) in [6.07, 6.45) is 1.72. The van der Waals surface area contributed by atoms with E-state index >= 15 is 0 Å². The second-order valence-electron chi connectivity index (χ2n) is 3.87. The third kappa shape index (κ3) is 2.09. The molecule has 1 aromatic carbocycles. The van der Waals surface area contributed by atoms with Gasteiger partial charge in [0.15, 0.2) is 0 Å². The first-order valence-electron chi connectivity index (χ1n) is 5.23. The van der Waals surface area contributed by atoms with Crippen molar-refractivity contribution in [3.8, 4) is 0 Å². The molecule has 0 saturated carbocycles. The van der Waals surface area contributed by atoms with Gasteiger partial charge in [-0.05, 0) is 19.4 Å². The quantitative estimate of drug-likeness (QED) is 0.766. The normalized spacial score (nSPS) is 12.7. The molecule has 16 heavy (non-hydrogen) atoms. The van der Waals surface area contributed by atoms with Crippen LogP contribution in [-0.2, 0) is 5.88 Å². The van der Waals surface area contributed by atoms with E-state index in [4.69, 9.17) is 11.6 Å². The minimum Gasteiger partial charge on any atom is -0.309 e. The van der Waals surface area contributed by atoms with Gasteiger partial charge in [0.1, 0.15) is 12.2 Å². The average molecular weight is 236 g/mol. The molecule has 4 heteroatoms. The number of nitrogens with zero attached hydrogens (tertiary/aromatic N) is 3. The van der Waals surface area contributed by atoms with Crippen LogP contribution in [0.4, 0.5) is 0 Å². The molecule has 1 atom stereocenters. The Bertz CT molecular complexity index is 461. The van der Waals surface area contributed by atoms with Crippen molar-refractivity contribution in [1.29, 1.82) is 0 Å². The van der Waals surface area contributed by atoms with Crippen molar-refractivity contribution in [2.24, 2.45) is 0 Å². The Balaban J connectivity index is 2.31. The van der Waals surface area contributed by atoms with Gasteiger partial charge < -0.3 is 4.57 Å². The predicted octanol–water partition coefficient (Wildman–Crippen LogP) is 2.93. The van der Waals surface area contributed by atoms with Crippen LogP contribution in [0.1, 0.15) is 29.9 Å². The Morgan fingerprint density at radius 2 is 2.00 bits per heavy atom. The van der Waals surface area contributed by atoms with Gasteiger partial charge in [-0.2, -0.15) is 0 Å². The second kappa shape index (κ2) is 4.66. The van der Waals surface area contributed by atoms with Crippen molar-refractivity contribution in [2.45, 2.75) is 25.8 Å². The van der Waals surface area contributed by atoms with E-state index in [9.17, 15) is 0 Å². The monoisotopic (exact) mass is 235 g/mol. The van der Waals surface area contributed by atoms with E-state index in [1.54, 1.807) is 6.33 Å². The predicted molar refractivity (Wildman–Crippen MR) is 64.6 cm³/mol. The molecule has 0 aliphatic carbocycles. The van der Waals surface area contributed by atoms with Crippen molar-refractivity contribution in [3.05, 3.63) is 47.5 Å². The van der Waals surface area contributed by atoms with Crippen LogP contribution in [0.3, 0.4) is 0 Å². The summed E-state index contributed by atoms with van der Waals surface area (Å²) in [6.45, 7) is 4.20. The Labute approximate surface area is 100 Å². The summed E-state index contributed by atoms with van der Waals surface area (Å²) in [5.41, 5.74) is 2.49. The zero-order valence-corrected chi connectivity index (χ0v) is 10.1. The van der Waals surface area contributed by atoms with E-state index in [1.165, 1.54) is 11.1 Å². The average Bonchev–Trinajstić information content (AvgIpc) is 2.77. The number of aryl methyl sites for hydroxylation is 1. The van der Waals surface area contributed by atoms with Crippen LogP contribution in [0.2, 0.25) is 0 Å². The maximum atomic E-state index is 5.81. The van der Waals surface area contributed by atoms with Gasteiger partial charge >= 0.3 is 0 Å². The number of hydrogen-bond acceptors (Lipinski definition) is 2. The molecule has 0 amide bonds. The van der Waals surface area contributed by atoms with Gasteiger partial charge in [0.25, 0.3) is 0 Å².